The second kappa shape index (κ2) is 6.65. The number of benzene rings is 3. The molecule has 0 radical (unpaired) electrons. The van der Waals surface area contributed by atoms with E-state index in [0.717, 1.165) is 34.1 Å². The van der Waals surface area contributed by atoms with E-state index < -0.39 is 0 Å². The Morgan fingerprint density at radius 2 is 1.36 bits per heavy atom. The van der Waals surface area contributed by atoms with Crippen molar-refractivity contribution in [1.29, 1.82) is 0 Å². The highest BCUT2D eigenvalue weighted by atomic mass is 16.5. The van der Waals surface area contributed by atoms with E-state index in [4.69, 9.17) is 9.72 Å². The molecule has 0 atom stereocenters. The number of aromatic nitrogens is 2. The zero-order valence-corrected chi connectivity index (χ0v) is 14.0. The lowest BCUT2D eigenvalue weighted by Gasteiger charge is -2.07. The number of imidazole rings is 1. The van der Waals surface area contributed by atoms with E-state index in [-0.39, 0.29) is 0 Å². The highest BCUT2D eigenvalue weighted by Gasteiger charge is 2.12. The SMILES string of the molecule is COc1ccc(-c2cn(-c3ccccc3)c(-c3ccccc3)n2)cc1. The summed E-state index contributed by atoms with van der Waals surface area (Å²) in [4.78, 5) is 4.90. The lowest BCUT2D eigenvalue weighted by atomic mass is 10.1. The van der Waals surface area contributed by atoms with Crippen molar-refractivity contribution in [1.82, 2.24) is 9.55 Å². The molecule has 0 N–H and O–H groups in total. The van der Waals surface area contributed by atoms with Gasteiger partial charge >= 0.3 is 0 Å². The van der Waals surface area contributed by atoms with E-state index in [1.165, 1.54) is 0 Å². The zero-order valence-electron chi connectivity index (χ0n) is 14.0. The van der Waals surface area contributed by atoms with Crippen LogP contribution in [0.1, 0.15) is 0 Å². The minimum Gasteiger partial charge on any atom is -0.497 e. The highest BCUT2D eigenvalue weighted by Crippen LogP contribution is 2.28. The van der Waals surface area contributed by atoms with E-state index in [2.05, 4.69) is 35.0 Å². The predicted molar refractivity (Wildman–Crippen MR) is 101 cm³/mol. The van der Waals surface area contributed by atoms with E-state index in [0.29, 0.717) is 0 Å². The minimum absolute atomic E-state index is 0.842. The molecule has 1 aromatic heterocycles. The Labute approximate surface area is 147 Å². The fraction of sp³-hybridized carbons (Fsp3) is 0.0455. The van der Waals surface area contributed by atoms with Crippen LogP contribution < -0.4 is 4.74 Å². The summed E-state index contributed by atoms with van der Waals surface area (Å²) in [5.41, 5.74) is 4.18. The number of para-hydroxylation sites is 1. The van der Waals surface area contributed by atoms with E-state index >= 15 is 0 Å². The molecule has 0 saturated heterocycles. The molecule has 1 heterocycles. The monoisotopic (exact) mass is 326 g/mol. The Morgan fingerprint density at radius 1 is 0.720 bits per heavy atom. The molecule has 0 aliphatic carbocycles. The molecule has 4 aromatic rings. The second-order valence-electron chi connectivity index (χ2n) is 5.75. The second-order valence-corrected chi connectivity index (χ2v) is 5.75. The third-order valence-electron chi connectivity index (χ3n) is 4.16. The van der Waals surface area contributed by atoms with Gasteiger partial charge in [0.1, 0.15) is 11.6 Å². The maximum Gasteiger partial charge on any atom is 0.145 e. The number of hydrogen-bond acceptors (Lipinski definition) is 2. The maximum absolute atomic E-state index is 5.25. The first-order valence-corrected chi connectivity index (χ1v) is 8.20. The first kappa shape index (κ1) is 15.2. The van der Waals surface area contributed by atoms with Crippen molar-refractivity contribution in [3.8, 4) is 34.1 Å². The summed E-state index contributed by atoms with van der Waals surface area (Å²) in [7, 11) is 1.67. The molecule has 0 aliphatic rings. The Kier molecular flexibility index (Phi) is 4.05. The summed E-state index contributed by atoms with van der Waals surface area (Å²) in [6, 6.07) is 28.5. The van der Waals surface area contributed by atoms with Crippen LogP contribution in [0.5, 0.6) is 5.75 Å². The number of nitrogens with zero attached hydrogens (tertiary/aromatic N) is 2. The molecule has 0 aliphatic heterocycles. The number of rotatable bonds is 4. The normalized spacial score (nSPS) is 10.6. The van der Waals surface area contributed by atoms with Crippen LogP contribution in [0.4, 0.5) is 0 Å². The molecule has 0 unspecified atom stereocenters. The first-order valence-electron chi connectivity index (χ1n) is 8.20. The molecule has 0 amide bonds. The van der Waals surface area contributed by atoms with Crippen molar-refractivity contribution in [2.75, 3.05) is 7.11 Å². The van der Waals surface area contributed by atoms with Gasteiger partial charge in [0.2, 0.25) is 0 Å². The van der Waals surface area contributed by atoms with Crippen molar-refractivity contribution in [2.45, 2.75) is 0 Å². The molecule has 3 nitrogen and oxygen atoms in total. The fourth-order valence-electron chi connectivity index (χ4n) is 2.86. The van der Waals surface area contributed by atoms with Gasteiger partial charge in [-0.2, -0.15) is 0 Å². The summed E-state index contributed by atoms with van der Waals surface area (Å²) in [6.45, 7) is 0. The van der Waals surface area contributed by atoms with Gasteiger partial charge in [-0.1, -0.05) is 48.5 Å². The van der Waals surface area contributed by atoms with Gasteiger partial charge < -0.3 is 4.74 Å². The molecule has 0 bridgehead atoms. The quantitative estimate of drug-likeness (QED) is 0.514. The number of methoxy groups -OCH3 is 1. The summed E-state index contributed by atoms with van der Waals surface area (Å²) >= 11 is 0. The third-order valence-corrected chi connectivity index (χ3v) is 4.16. The average molecular weight is 326 g/mol. The molecular formula is C22H18N2O. The van der Waals surface area contributed by atoms with E-state index in [9.17, 15) is 0 Å². The minimum atomic E-state index is 0.842. The molecule has 0 fully saturated rings. The lowest BCUT2D eigenvalue weighted by Crippen LogP contribution is -1.95. The van der Waals surface area contributed by atoms with Crippen LogP contribution in [0.15, 0.2) is 91.1 Å². The van der Waals surface area contributed by atoms with Crippen LogP contribution in [-0.4, -0.2) is 16.7 Å². The van der Waals surface area contributed by atoms with Gasteiger partial charge in [0.15, 0.2) is 0 Å². The smallest absolute Gasteiger partial charge is 0.145 e. The van der Waals surface area contributed by atoms with E-state index in [1.54, 1.807) is 7.11 Å². The highest BCUT2D eigenvalue weighted by molar-refractivity contribution is 5.67. The zero-order chi connectivity index (χ0) is 17.1. The summed E-state index contributed by atoms with van der Waals surface area (Å²) < 4.78 is 7.38. The van der Waals surface area contributed by atoms with Crippen LogP contribution in [0, 0.1) is 0 Å². The number of hydrogen-bond donors (Lipinski definition) is 0. The Hall–Kier alpha value is -3.33. The molecule has 122 valence electrons. The van der Waals surface area contributed by atoms with Crippen LogP contribution in [-0.2, 0) is 0 Å². The Morgan fingerprint density at radius 3 is 2.00 bits per heavy atom. The molecule has 0 spiro atoms. The van der Waals surface area contributed by atoms with Crippen molar-refractivity contribution in [2.24, 2.45) is 0 Å². The molecule has 25 heavy (non-hydrogen) atoms. The molecule has 3 heteroatoms. The fourth-order valence-corrected chi connectivity index (χ4v) is 2.86. The standard InChI is InChI=1S/C22H18N2O/c1-25-20-14-12-17(13-15-20)21-16-24(19-10-6-3-7-11-19)22(23-21)18-8-4-2-5-9-18/h2-16H,1H3. The van der Waals surface area contributed by atoms with Gasteiger partial charge in [-0.15, -0.1) is 0 Å². The van der Waals surface area contributed by atoms with Crippen LogP contribution in [0.2, 0.25) is 0 Å². The molecule has 0 saturated carbocycles. The molecule has 4 rings (SSSR count). The maximum atomic E-state index is 5.25. The topological polar surface area (TPSA) is 27.1 Å². The van der Waals surface area contributed by atoms with Crippen LogP contribution in [0.25, 0.3) is 28.3 Å². The first-order chi connectivity index (χ1) is 12.3. The van der Waals surface area contributed by atoms with Crippen LogP contribution in [0.3, 0.4) is 0 Å². The third kappa shape index (κ3) is 3.04. The van der Waals surface area contributed by atoms with Crippen molar-refractivity contribution >= 4 is 0 Å². The Balaban J connectivity index is 1.86. The van der Waals surface area contributed by atoms with Gasteiger partial charge in [-0.3, -0.25) is 4.57 Å². The van der Waals surface area contributed by atoms with Gasteiger partial charge in [0.25, 0.3) is 0 Å². The van der Waals surface area contributed by atoms with Crippen molar-refractivity contribution in [3.05, 3.63) is 91.1 Å². The van der Waals surface area contributed by atoms with Gasteiger partial charge in [0, 0.05) is 23.0 Å². The molecular weight excluding hydrogens is 308 g/mol. The Bertz CT molecular complexity index is 901. The lowest BCUT2D eigenvalue weighted by molar-refractivity contribution is 0.415. The molecule has 3 aromatic carbocycles. The average Bonchev–Trinajstić information content (AvgIpc) is 3.15. The summed E-state index contributed by atoms with van der Waals surface area (Å²) in [6.07, 6.45) is 2.08. The van der Waals surface area contributed by atoms with Crippen LogP contribution >= 0.6 is 0 Å². The summed E-state index contributed by atoms with van der Waals surface area (Å²) in [5.74, 6) is 1.77. The van der Waals surface area contributed by atoms with Gasteiger partial charge in [-0.05, 0) is 36.4 Å². The summed E-state index contributed by atoms with van der Waals surface area (Å²) in [5, 5.41) is 0. The largest absolute Gasteiger partial charge is 0.497 e. The predicted octanol–water partition coefficient (Wildman–Crippen LogP) is 5.21. The number of ether oxygens (including phenoxy) is 1. The van der Waals surface area contributed by atoms with E-state index in [1.807, 2.05) is 60.7 Å². The van der Waals surface area contributed by atoms with Gasteiger partial charge in [0.05, 0.1) is 12.8 Å². The van der Waals surface area contributed by atoms with Crippen molar-refractivity contribution < 1.29 is 4.74 Å². The van der Waals surface area contributed by atoms with Gasteiger partial charge in [-0.25, -0.2) is 4.98 Å². The van der Waals surface area contributed by atoms with Crippen molar-refractivity contribution in [3.63, 3.8) is 0 Å².